The first-order chi connectivity index (χ1) is 9.28. The van der Waals surface area contributed by atoms with Crippen LogP contribution < -0.4 is 0 Å². The Kier molecular flexibility index (Phi) is 4.65. The highest BCUT2D eigenvalue weighted by Gasteiger charge is 2.39. The van der Waals surface area contributed by atoms with Crippen molar-refractivity contribution in [2.75, 3.05) is 0 Å². The lowest BCUT2D eigenvalue weighted by molar-refractivity contribution is -0.157. The Hall–Kier alpha value is -2.61. The summed E-state index contributed by atoms with van der Waals surface area (Å²) in [7, 11) is 0. The fourth-order valence-corrected chi connectivity index (χ4v) is 1.60. The van der Waals surface area contributed by atoms with Crippen LogP contribution in [-0.4, -0.2) is 48.9 Å². The zero-order valence-electron chi connectivity index (χ0n) is 10.2. The zero-order chi connectivity index (χ0) is 15.3. The average molecular weight is 283 g/mol. The second-order valence-corrected chi connectivity index (χ2v) is 4.21. The molecule has 0 aromatic heterocycles. The molecule has 1 unspecified atom stereocenters. The van der Waals surface area contributed by atoms with Crippen molar-refractivity contribution in [2.24, 2.45) is 5.16 Å². The highest BCUT2D eigenvalue weighted by atomic mass is 16.4. The smallest absolute Gasteiger partial charge is 0.353 e. The third-order valence-electron chi connectivity index (χ3n) is 2.66. The van der Waals surface area contributed by atoms with E-state index in [0.29, 0.717) is 5.56 Å². The van der Waals surface area contributed by atoms with Gasteiger partial charge in [-0.3, -0.25) is 0 Å². The van der Waals surface area contributed by atoms with Crippen molar-refractivity contribution in [3.63, 3.8) is 0 Å². The molecule has 1 aromatic rings. The van der Waals surface area contributed by atoms with Crippen LogP contribution in [0.3, 0.4) is 0 Å². The monoisotopic (exact) mass is 283 g/mol. The van der Waals surface area contributed by atoms with Gasteiger partial charge in [-0.05, 0) is 17.7 Å². The van der Waals surface area contributed by atoms with Crippen molar-refractivity contribution in [1.29, 1.82) is 0 Å². The number of aliphatic carboxylic acids is 2. The van der Waals surface area contributed by atoms with Crippen molar-refractivity contribution in [2.45, 2.75) is 18.4 Å². The number of nitrogens with zero attached hydrogens (tertiary/aromatic N) is 1. The first kappa shape index (κ1) is 15.4. The van der Waals surface area contributed by atoms with Gasteiger partial charge in [-0.25, -0.2) is 9.59 Å². The molecule has 0 saturated carbocycles. The molecule has 0 aliphatic heterocycles. The zero-order valence-corrected chi connectivity index (χ0v) is 10.2. The lowest BCUT2D eigenvalue weighted by Gasteiger charge is -2.22. The number of aromatic hydroxyl groups is 1. The Balaban J connectivity index is 3.00. The van der Waals surface area contributed by atoms with Crippen LogP contribution in [0.4, 0.5) is 0 Å². The SMILES string of the molecule is O=C(O)/C(CC(O)(Cc1ccc(O)cc1)C(=O)O)=N/O. The molecule has 5 N–H and O–H groups in total. The summed E-state index contributed by atoms with van der Waals surface area (Å²) < 4.78 is 0. The van der Waals surface area contributed by atoms with E-state index in [1.54, 1.807) is 0 Å². The van der Waals surface area contributed by atoms with Gasteiger partial charge in [0.1, 0.15) is 5.75 Å². The molecule has 8 nitrogen and oxygen atoms in total. The van der Waals surface area contributed by atoms with E-state index in [1.807, 2.05) is 0 Å². The fourth-order valence-electron chi connectivity index (χ4n) is 1.60. The summed E-state index contributed by atoms with van der Waals surface area (Å²) in [6.45, 7) is 0. The highest BCUT2D eigenvalue weighted by molar-refractivity contribution is 6.36. The summed E-state index contributed by atoms with van der Waals surface area (Å²) in [5.74, 6) is -3.30. The normalized spacial score (nSPS) is 14.6. The van der Waals surface area contributed by atoms with Gasteiger partial charge in [-0.2, -0.15) is 0 Å². The molecule has 1 atom stereocenters. The van der Waals surface area contributed by atoms with E-state index in [0.717, 1.165) is 0 Å². The number of carbonyl (C=O) groups is 2. The Morgan fingerprint density at radius 1 is 1.15 bits per heavy atom. The van der Waals surface area contributed by atoms with Crippen LogP contribution in [0.2, 0.25) is 0 Å². The molecular formula is C12H13NO7. The van der Waals surface area contributed by atoms with E-state index in [9.17, 15) is 14.7 Å². The summed E-state index contributed by atoms with van der Waals surface area (Å²) in [5.41, 5.74) is -2.93. The standard InChI is InChI=1S/C12H13NO7/c14-8-3-1-7(2-4-8)5-12(19,11(17)18)6-9(13-20)10(15)16/h1-4,14,19-20H,5-6H2,(H,15,16)(H,17,18)/b13-9+. The molecule has 1 rings (SSSR count). The molecule has 20 heavy (non-hydrogen) atoms. The summed E-state index contributed by atoms with van der Waals surface area (Å²) >= 11 is 0. The summed E-state index contributed by atoms with van der Waals surface area (Å²) in [6.07, 6.45) is -1.27. The largest absolute Gasteiger partial charge is 0.508 e. The number of rotatable bonds is 6. The minimum absolute atomic E-state index is 0.0317. The summed E-state index contributed by atoms with van der Waals surface area (Å²) in [5, 5.41) is 47.9. The highest BCUT2D eigenvalue weighted by Crippen LogP contribution is 2.21. The minimum atomic E-state index is -2.43. The predicted molar refractivity (Wildman–Crippen MR) is 65.9 cm³/mol. The fraction of sp³-hybridized carbons (Fsp3) is 0.250. The molecule has 0 fully saturated rings. The van der Waals surface area contributed by atoms with Gasteiger partial charge in [-0.15, -0.1) is 0 Å². The Morgan fingerprint density at radius 3 is 2.10 bits per heavy atom. The first-order valence-electron chi connectivity index (χ1n) is 5.46. The number of aliphatic hydroxyl groups is 1. The van der Waals surface area contributed by atoms with Crippen LogP contribution >= 0.6 is 0 Å². The van der Waals surface area contributed by atoms with Gasteiger partial charge in [0.15, 0.2) is 11.3 Å². The van der Waals surface area contributed by atoms with Crippen molar-refractivity contribution < 1.29 is 35.2 Å². The molecule has 0 heterocycles. The van der Waals surface area contributed by atoms with Crippen LogP contribution in [0.15, 0.2) is 29.4 Å². The number of hydrogen-bond donors (Lipinski definition) is 5. The second-order valence-electron chi connectivity index (χ2n) is 4.21. The number of oxime groups is 1. The molecule has 0 radical (unpaired) electrons. The Bertz CT molecular complexity index is 537. The first-order valence-corrected chi connectivity index (χ1v) is 5.46. The van der Waals surface area contributed by atoms with Gasteiger partial charge in [-0.1, -0.05) is 17.3 Å². The second kappa shape index (κ2) is 6.02. The van der Waals surface area contributed by atoms with Crippen LogP contribution in [0.5, 0.6) is 5.75 Å². The van der Waals surface area contributed by atoms with Crippen molar-refractivity contribution >= 4 is 17.7 Å². The maximum atomic E-state index is 11.1. The molecule has 0 aliphatic rings. The number of benzene rings is 1. The summed E-state index contributed by atoms with van der Waals surface area (Å²) in [6, 6.07) is 5.38. The van der Waals surface area contributed by atoms with Crippen molar-refractivity contribution in [3.8, 4) is 5.75 Å². The van der Waals surface area contributed by atoms with E-state index < -0.39 is 36.1 Å². The molecule has 0 amide bonds. The molecule has 1 aromatic carbocycles. The third kappa shape index (κ3) is 3.69. The topological polar surface area (TPSA) is 148 Å². The lowest BCUT2D eigenvalue weighted by atomic mass is 9.89. The maximum absolute atomic E-state index is 11.1. The van der Waals surface area contributed by atoms with E-state index in [1.165, 1.54) is 24.3 Å². The van der Waals surface area contributed by atoms with E-state index >= 15 is 0 Å². The van der Waals surface area contributed by atoms with Gasteiger partial charge in [0.2, 0.25) is 0 Å². The number of phenolic OH excluding ortho intramolecular Hbond substituents is 1. The number of hydrogen-bond acceptors (Lipinski definition) is 6. The molecule has 108 valence electrons. The molecule has 0 bridgehead atoms. The number of carboxylic acid groups (broad SMARTS) is 2. The van der Waals surface area contributed by atoms with Gasteiger partial charge < -0.3 is 25.6 Å². The van der Waals surface area contributed by atoms with Gasteiger partial charge >= 0.3 is 11.9 Å². The summed E-state index contributed by atoms with van der Waals surface area (Å²) in [4.78, 5) is 21.8. The van der Waals surface area contributed by atoms with Crippen LogP contribution in [0.1, 0.15) is 12.0 Å². The van der Waals surface area contributed by atoms with Gasteiger partial charge in [0.25, 0.3) is 0 Å². The van der Waals surface area contributed by atoms with Crippen molar-refractivity contribution in [3.05, 3.63) is 29.8 Å². The molecule has 0 spiro atoms. The number of phenols is 1. The average Bonchev–Trinajstić information content (AvgIpc) is 2.38. The lowest BCUT2D eigenvalue weighted by Crippen LogP contribution is -2.44. The third-order valence-corrected chi connectivity index (χ3v) is 2.66. The molecule has 0 aliphatic carbocycles. The predicted octanol–water partition coefficient (Wildman–Crippen LogP) is 0.0553. The van der Waals surface area contributed by atoms with E-state index in [4.69, 9.17) is 20.5 Å². The molecule has 8 heteroatoms. The quantitative estimate of drug-likeness (QED) is 0.281. The number of carboxylic acids is 2. The van der Waals surface area contributed by atoms with Crippen LogP contribution in [-0.2, 0) is 16.0 Å². The van der Waals surface area contributed by atoms with Crippen molar-refractivity contribution in [1.82, 2.24) is 0 Å². The van der Waals surface area contributed by atoms with Crippen LogP contribution in [0.25, 0.3) is 0 Å². The van der Waals surface area contributed by atoms with Crippen LogP contribution in [0, 0.1) is 0 Å². The molecule has 0 saturated heterocycles. The Labute approximate surface area is 113 Å². The van der Waals surface area contributed by atoms with E-state index in [2.05, 4.69) is 5.16 Å². The Morgan fingerprint density at radius 2 is 1.70 bits per heavy atom. The maximum Gasteiger partial charge on any atom is 0.353 e. The minimum Gasteiger partial charge on any atom is -0.508 e. The van der Waals surface area contributed by atoms with Gasteiger partial charge in [0, 0.05) is 12.8 Å². The van der Waals surface area contributed by atoms with Gasteiger partial charge in [0.05, 0.1) is 0 Å². The van der Waals surface area contributed by atoms with E-state index in [-0.39, 0.29) is 5.75 Å². The molecular weight excluding hydrogens is 270 g/mol.